The molecule has 2 fully saturated rings. The van der Waals surface area contributed by atoms with Crippen molar-refractivity contribution in [2.75, 3.05) is 41.4 Å². The summed E-state index contributed by atoms with van der Waals surface area (Å²) < 4.78 is 14.6. The van der Waals surface area contributed by atoms with Crippen LogP contribution in [0.1, 0.15) is 32.4 Å². The van der Waals surface area contributed by atoms with Gasteiger partial charge in [-0.15, -0.1) is 0 Å². The molecule has 3 atom stereocenters. The largest absolute Gasteiger partial charge is 0.396 e. The fraction of sp³-hybridized carbons (Fsp3) is 0.500. The first-order valence-corrected chi connectivity index (χ1v) is 11.7. The third-order valence-electron chi connectivity index (χ3n) is 6.86. The summed E-state index contributed by atoms with van der Waals surface area (Å²) >= 11 is 0. The Balaban J connectivity index is 1.43. The Kier molecular flexibility index (Phi) is 5.95. The summed E-state index contributed by atoms with van der Waals surface area (Å²) in [5.74, 6) is 1.53. The minimum absolute atomic E-state index is 0.0138. The van der Waals surface area contributed by atoms with Crippen LogP contribution in [0, 0.1) is 0 Å². The number of pyridine rings is 2. The number of anilines is 4. The Morgan fingerprint density at radius 1 is 1.15 bits per heavy atom. The van der Waals surface area contributed by atoms with Gasteiger partial charge in [0.25, 0.3) is 0 Å². The van der Waals surface area contributed by atoms with Gasteiger partial charge >= 0.3 is 0 Å². The Morgan fingerprint density at radius 2 is 2.00 bits per heavy atom. The highest BCUT2D eigenvalue weighted by atomic mass is 19.1. The van der Waals surface area contributed by atoms with E-state index in [0.717, 1.165) is 35.1 Å². The van der Waals surface area contributed by atoms with Gasteiger partial charge in [-0.3, -0.25) is 4.98 Å². The number of halogens is 1. The van der Waals surface area contributed by atoms with Gasteiger partial charge in [-0.05, 0) is 38.8 Å². The zero-order valence-corrected chi connectivity index (χ0v) is 19.4. The van der Waals surface area contributed by atoms with Crippen LogP contribution in [0.15, 0.2) is 30.7 Å². The van der Waals surface area contributed by atoms with E-state index >= 15 is 0 Å². The maximum absolute atomic E-state index is 14.6. The van der Waals surface area contributed by atoms with E-state index in [1.54, 1.807) is 17.2 Å². The van der Waals surface area contributed by atoms with E-state index in [4.69, 9.17) is 0 Å². The van der Waals surface area contributed by atoms with E-state index in [1.165, 1.54) is 6.92 Å². The Hall–Kier alpha value is -3.11. The van der Waals surface area contributed by atoms with Gasteiger partial charge in [0.2, 0.25) is 5.95 Å². The van der Waals surface area contributed by atoms with Crippen LogP contribution in [-0.4, -0.2) is 74.2 Å². The molecular formula is C24H30FN7O2. The highest BCUT2D eigenvalue weighted by Crippen LogP contribution is 2.35. The van der Waals surface area contributed by atoms with Gasteiger partial charge < -0.3 is 25.3 Å². The van der Waals surface area contributed by atoms with E-state index in [1.807, 2.05) is 18.5 Å². The van der Waals surface area contributed by atoms with E-state index in [9.17, 15) is 14.6 Å². The van der Waals surface area contributed by atoms with Crippen molar-refractivity contribution in [3.63, 3.8) is 0 Å². The number of hydrogen-bond acceptors (Lipinski definition) is 9. The van der Waals surface area contributed by atoms with E-state index in [0.29, 0.717) is 43.0 Å². The molecule has 9 nitrogen and oxygen atoms in total. The summed E-state index contributed by atoms with van der Waals surface area (Å²) in [7, 11) is 0. The molecule has 0 aliphatic carbocycles. The second-order valence-corrected chi connectivity index (χ2v) is 9.38. The lowest BCUT2D eigenvalue weighted by molar-refractivity contribution is -0.00860. The average molecular weight is 468 g/mol. The third-order valence-corrected chi connectivity index (χ3v) is 6.86. The summed E-state index contributed by atoms with van der Waals surface area (Å²) in [6.45, 7) is 5.11. The number of aliphatic hydroxyl groups is 2. The molecular weight excluding hydrogens is 437 g/mol. The summed E-state index contributed by atoms with van der Waals surface area (Å²) in [6.07, 6.45) is 6.27. The molecule has 3 aromatic heterocycles. The maximum Gasteiger partial charge on any atom is 0.227 e. The van der Waals surface area contributed by atoms with Crippen molar-refractivity contribution in [3.05, 3.63) is 36.4 Å². The first-order valence-electron chi connectivity index (χ1n) is 11.7. The van der Waals surface area contributed by atoms with Crippen LogP contribution in [0.4, 0.5) is 27.7 Å². The van der Waals surface area contributed by atoms with Gasteiger partial charge in [0, 0.05) is 55.3 Å². The first kappa shape index (κ1) is 22.7. The molecule has 0 radical (unpaired) electrons. The lowest BCUT2D eigenvalue weighted by atomic mass is 9.94. The average Bonchev–Trinajstić information content (AvgIpc) is 2.81. The molecule has 2 aliphatic heterocycles. The number of fused-ring (bicyclic) bond motifs is 1. The summed E-state index contributed by atoms with van der Waals surface area (Å²) in [5.41, 5.74) is 0.157. The number of piperidine rings is 1. The van der Waals surface area contributed by atoms with Crippen molar-refractivity contribution in [2.45, 2.75) is 50.9 Å². The Bertz CT molecular complexity index is 1190. The van der Waals surface area contributed by atoms with Crippen LogP contribution in [0.5, 0.6) is 0 Å². The standard InChI is InChI=1S/C24H30FN7O2/c1-15-4-9-32(15)19-13-27-18(6-10-33)16-11-22(28-12-17(16)19)29-21-3-7-26-23(30-21)31-8-5-20(34)24(2,25)14-31/h3,7,11-13,15,20,33-34H,4-6,8-10,14H2,1-2H3,(H,26,28,29,30)/t15-,20-,24+/m1/s1. The molecule has 0 saturated carbocycles. The van der Waals surface area contributed by atoms with Crippen molar-refractivity contribution in [2.24, 2.45) is 0 Å². The predicted molar refractivity (Wildman–Crippen MR) is 129 cm³/mol. The predicted octanol–water partition coefficient (Wildman–Crippen LogP) is 2.60. The molecule has 2 aliphatic rings. The number of aromatic nitrogens is 4. The van der Waals surface area contributed by atoms with Gasteiger partial charge in [-0.25, -0.2) is 14.4 Å². The van der Waals surface area contributed by atoms with Gasteiger partial charge in [-0.2, -0.15) is 4.98 Å². The first-order chi connectivity index (χ1) is 16.4. The molecule has 0 spiro atoms. The quantitative estimate of drug-likeness (QED) is 0.504. The normalized spacial score (nSPS) is 24.9. The van der Waals surface area contributed by atoms with Crippen LogP contribution in [0.25, 0.3) is 10.8 Å². The fourth-order valence-electron chi connectivity index (χ4n) is 4.66. The van der Waals surface area contributed by atoms with Gasteiger partial charge in [0.15, 0.2) is 5.67 Å². The number of alkyl halides is 1. The number of nitrogens with one attached hydrogen (secondary N) is 1. The lowest BCUT2D eigenvalue weighted by Crippen LogP contribution is -2.52. The zero-order chi connectivity index (χ0) is 23.9. The van der Waals surface area contributed by atoms with Gasteiger partial charge in [-0.1, -0.05) is 0 Å². The molecule has 10 heteroatoms. The lowest BCUT2D eigenvalue weighted by Gasteiger charge is -2.41. The second kappa shape index (κ2) is 8.92. The van der Waals surface area contributed by atoms with Crippen LogP contribution >= 0.6 is 0 Å². The minimum atomic E-state index is -1.72. The fourth-order valence-corrected chi connectivity index (χ4v) is 4.66. The van der Waals surface area contributed by atoms with Crippen LogP contribution in [0.3, 0.4) is 0 Å². The minimum Gasteiger partial charge on any atom is -0.396 e. The molecule has 3 N–H and O–H groups in total. The SMILES string of the molecule is C[C@@H]1CCN1c1cnc(CCO)c2cc(Nc3ccnc(N4CC[C@@H](O)[C@@](C)(F)C4)n3)ncc12. The number of nitrogens with zero attached hydrogens (tertiary/aromatic N) is 6. The summed E-state index contributed by atoms with van der Waals surface area (Å²) in [5, 5.41) is 24.6. The molecule has 3 aromatic rings. The maximum atomic E-state index is 14.6. The summed E-state index contributed by atoms with van der Waals surface area (Å²) in [6, 6.07) is 4.13. The Labute approximate surface area is 197 Å². The molecule has 0 aromatic carbocycles. The van der Waals surface area contributed by atoms with Crippen molar-refractivity contribution >= 4 is 34.0 Å². The van der Waals surface area contributed by atoms with Crippen molar-refractivity contribution in [1.82, 2.24) is 19.9 Å². The van der Waals surface area contributed by atoms with E-state index < -0.39 is 11.8 Å². The second-order valence-electron chi connectivity index (χ2n) is 9.38. The van der Waals surface area contributed by atoms with E-state index in [2.05, 4.69) is 37.1 Å². The molecule has 180 valence electrons. The van der Waals surface area contributed by atoms with Crippen molar-refractivity contribution in [3.8, 4) is 0 Å². The van der Waals surface area contributed by atoms with Gasteiger partial charge in [0.1, 0.15) is 11.6 Å². The zero-order valence-electron chi connectivity index (χ0n) is 19.4. The smallest absolute Gasteiger partial charge is 0.227 e. The number of hydrogen-bond donors (Lipinski definition) is 3. The molecule has 2 saturated heterocycles. The highest BCUT2D eigenvalue weighted by Gasteiger charge is 2.39. The number of aliphatic hydroxyl groups excluding tert-OH is 2. The van der Waals surface area contributed by atoms with Crippen LogP contribution < -0.4 is 15.1 Å². The molecule has 34 heavy (non-hydrogen) atoms. The molecule has 0 amide bonds. The Morgan fingerprint density at radius 3 is 2.71 bits per heavy atom. The van der Waals surface area contributed by atoms with Crippen LogP contribution in [-0.2, 0) is 6.42 Å². The topological polar surface area (TPSA) is 111 Å². The molecule has 5 heterocycles. The van der Waals surface area contributed by atoms with Crippen molar-refractivity contribution < 1.29 is 14.6 Å². The van der Waals surface area contributed by atoms with E-state index in [-0.39, 0.29) is 13.2 Å². The highest BCUT2D eigenvalue weighted by molar-refractivity contribution is 5.96. The van der Waals surface area contributed by atoms with Crippen LogP contribution in [0.2, 0.25) is 0 Å². The summed E-state index contributed by atoms with van der Waals surface area (Å²) in [4.78, 5) is 22.2. The van der Waals surface area contributed by atoms with Crippen molar-refractivity contribution in [1.29, 1.82) is 0 Å². The molecule has 0 unspecified atom stereocenters. The molecule has 0 bridgehead atoms. The van der Waals surface area contributed by atoms with Gasteiger partial charge in [0.05, 0.1) is 30.2 Å². The monoisotopic (exact) mass is 467 g/mol. The number of rotatable bonds is 6. The molecule has 5 rings (SSSR count). The third kappa shape index (κ3) is 4.23.